The van der Waals surface area contributed by atoms with Crippen molar-refractivity contribution < 1.29 is 9.22 Å². The van der Waals surface area contributed by atoms with Gasteiger partial charge in [0.05, 0.1) is 0 Å². The molecule has 5 nitrogen and oxygen atoms in total. The molecule has 0 saturated heterocycles. The van der Waals surface area contributed by atoms with Gasteiger partial charge in [-0.25, -0.2) is 0 Å². The van der Waals surface area contributed by atoms with Crippen molar-refractivity contribution in [1.29, 1.82) is 0 Å². The number of unbranched alkanes of at least 4 members (excludes halogenated alkanes) is 1. The molecule has 0 N–H and O–H groups in total. The molecule has 0 atom stereocenters. The van der Waals surface area contributed by atoms with Crippen molar-refractivity contribution in [3.8, 4) is 0 Å². The summed E-state index contributed by atoms with van der Waals surface area (Å²) < 4.78 is 5.99. The van der Waals surface area contributed by atoms with Crippen molar-refractivity contribution in [3.05, 3.63) is 22.6 Å². The van der Waals surface area contributed by atoms with Crippen LogP contribution in [-0.4, -0.2) is 20.8 Å². The van der Waals surface area contributed by atoms with E-state index in [9.17, 15) is 4.79 Å². The Balaban J connectivity index is 3.88. The molecule has 0 aliphatic carbocycles. The molecule has 0 heterocycles. The smallest absolute Gasteiger partial charge is 0.241 e. The predicted molar refractivity (Wildman–Crippen MR) is 75.7 cm³/mol. The summed E-state index contributed by atoms with van der Waals surface area (Å²) in [6, 6.07) is 0. The molecule has 1 amide bonds. The number of allylic oxidation sites excluding steroid dienone is 1. The highest BCUT2D eigenvalue weighted by Gasteiger charge is 2.36. The zero-order valence-corrected chi connectivity index (χ0v) is 12.9. The summed E-state index contributed by atoms with van der Waals surface area (Å²) in [5.74, 6) is -0.553. The fourth-order valence-corrected chi connectivity index (χ4v) is 2.09. The van der Waals surface area contributed by atoms with E-state index in [4.69, 9.17) is 9.96 Å². The van der Waals surface area contributed by atoms with Crippen LogP contribution >= 0.6 is 0 Å². The number of nitrogens with zero attached hydrogens (tertiary/aromatic N) is 3. The molecule has 18 heavy (non-hydrogen) atoms. The lowest BCUT2D eigenvalue weighted by molar-refractivity contribution is -0.113. The highest BCUT2D eigenvalue weighted by atomic mass is 28.4. The first-order valence-corrected chi connectivity index (χ1v) is 9.01. The third-order valence-corrected chi connectivity index (χ3v) is 7.73. The molecule has 0 aromatic heterocycles. The fraction of sp³-hybridized carbons (Fsp3) is 0.750. The first kappa shape index (κ1) is 16.9. The molecule has 0 spiro atoms. The number of hydrogen-bond acceptors (Lipinski definition) is 2. The van der Waals surface area contributed by atoms with Crippen LogP contribution < -0.4 is 0 Å². The van der Waals surface area contributed by atoms with Crippen LogP contribution in [0.25, 0.3) is 10.4 Å². The number of carbonyl (C=O) groups is 1. The summed E-state index contributed by atoms with van der Waals surface area (Å²) in [5.41, 5.74) is 8.03. The Morgan fingerprint density at radius 1 is 1.44 bits per heavy atom. The standard InChI is InChI=1S/C12H23N3O2Si/c1-12(2,3)18(4,5)17-10-8-6-7-9-11(16)14-15-13/h7,9H,6,8,10H2,1-5H3/b9-7+. The molecular formula is C12H23N3O2Si. The quantitative estimate of drug-likeness (QED) is 0.181. The molecule has 0 aromatic carbocycles. The van der Waals surface area contributed by atoms with Gasteiger partial charge in [0.1, 0.15) is 0 Å². The Hall–Kier alpha value is -1.10. The summed E-state index contributed by atoms with van der Waals surface area (Å²) in [6.07, 6.45) is 4.63. The maximum atomic E-state index is 10.8. The molecule has 0 rings (SSSR count). The highest BCUT2D eigenvalue weighted by Crippen LogP contribution is 2.36. The van der Waals surface area contributed by atoms with E-state index in [1.807, 2.05) is 0 Å². The zero-order valence-electron chi connectivity index (χ0n) is 11.9. The van der Waals surface area contributed by atoms with Crippen LogP contribution in [-0.2, 0) is 9.22 Å². The van der Waals surface area contributed by atoms with E-state index in [-0.39, 0.29) is 5.04 Å². The van der Waals surface area contributed by atoms with E-state index >= 15 is 0 Å². The number of amides is 1. The van der Waals surface area contributed by atoms with Crippen LogP contribution in [0.3, 0.4) is 0 Å². The van der Waals surface area contributed by atoms with Crippen LogP contribution in [0.4, 0.5) is 0 Å². The van der Waals surface area contributed by atoms with E-state index in [1.165, 1.54) is 6.08 Å². The fourth-order valence-electron chi connectivity index (χ4n) is 1.01. The van der Waals surface area contributed by atoms with Crippen molar-refractivity contribution >= 4 is 14.2 Å². The SMILES string of the molecule is CC(C)(C)[Si](C)(C)OCCC/C=C/C(=O)N=[N+]=[N-]. The molecule has 0 unspecified atom stereocenters. The van der Waals surface area contributed by atoms with E-state index < -0.39 is 14.2 Å². The predicted octanol–water partition coefficient (Wildman–Crippen LogP) is 4.18. The van der Waals surface area contributed by atoms with Gasteiger partial charge >= 0.3 is 0 Å². The van der Waals surface area contributed by atoms with Gasteiger partial charge in [-0.05, 0) is 47.7 Å². The lowest BCUT2D eigenvalue weighted by Gasteiger charge is -2.36. The second-order valence-corrected chi connectivity index (χ2v) is 10.5. The number of azide groups is 1. The van der Waals surface area contributed by atoms with Gasteiger partial charge in [-0.1, -0.05) is 26.8 Å². The zero-order chi connectivity index (χ0) is 14.2. The van der Waals surface area contributed by atoms with Crippen molar-refractivity contribution in [1.82, 2.24) is 0 Å². The minimum atomic E-state index is -1.66. The van der Waals surface area contributed by atoms with Crippen molar-refractivity contribution in [3.63, 3.8) is 0 Å². The van der Waals surface area contributed by atoms with Crippen LogP contribution in [0.1, 0.15) is 33.6 Å². The molecule has 0 bridgehead atoms. The molecule has 0 saturated carbocycles. The van der Waals surface area contributed by atoms with Crippen molar-refractivity contribution in [2.45, 2.75) is 51.7 Å². The van der Waals surface area contributed by atoms with Crippen LogP contribution in [0.5, 0.6) is 0 Å². The maximum Gasteiger partial charge on any atom is 0.241 e. The lowest BCUT2D eigenvalue weighted by Crippen LogP contribution is -2.40. The Bertz CT molecular complexity index is 353. The second kappa shape index (κ2) is 7.36. The Labute approximate surface area is 110 Å². The largest absolute Gasteiger partial charge is 0.417 e. The number of carbonyl (C=O) groups excluding carboxylic acids is 1. The molecule has 0 fully saturated rings. The third kappa shape index (κ3) is 6.59. The van der Waals surface area contributed by atoms with Gasteiger partial charge in [-0.3, -0.25) is 4.79 Å². The maximum absolute atomic E-state index is 10.8. The molecule has 102 valence electrons. The second-order valence-electron chi connectivity index (χ2n) is 5.68. The summed E-state index contributed by atoms with van der Waals surface area (Å²) in [7, 11) is -1.66. The molecule has 0 aliphatic rings. The lowest BCUT2D eigenvalue weighted by atomic mass is 10.2. The van der Waals surface area contributed by atoms with Crippen LogP contribution in [0.15, 0.2) is 17.3 Å². The first-order chi connectivity index (χ1) is 8.20. The minimum absolute atomic E-state index is 0.223. The Kier molecular flexibility index (Phi) is 6.91. The molecule has 0 aromatic rings. The van der Waals surface area contributed by atoms with Gasteiger partial charge in [-0.2, -0.15) is 0 Å². The summed E-state index contributed by atoms with van der Waals surface area (Å²) in [4.78, 5) is 13.2. The normalized spacial score (nSPS) is 12.5. The van der Waals surface area contributed by atoms with Gasteiger partial charge in [0.15, 0.2) is 8.32 Å². The van der Waals surface area contributed by atoms with Gasteiger partial charge in [0, 0.05) is 11.5 Å². The van der Waals surface area contributed by atoms with E-state index in [0.717, 1.165) is 12.8 Å². The number of hydrogen-bond donors (Lipinski definition) is 0. The topological polar surface area (TPSA) is 75.1 Å². The Morgan fingerprint density at radius 2 is 2.06 bits per heavy atom. The van der Waals surface area contributed by atoms with Crippen LogP contribution in [0.2, 0.25) is 18.1 Å². The van der Waals surface area contributed by atoms with Crippen LogP contribution in [0, 0.1) is 0 Å². The van der Waals surface area contributed by atoms with Gasteiger partial charge < -0.3 is 4.43 Å². The van der Waals surface area contributed by atoms with Gasteiger partial charge in [-0.15, -0.1) is 0 Å². The average Bonchev–Trinajstić information content (AvgIpc) is 2.21. The summed E-state index contributed by atoms with van der Waals surface area (Å²) in [5, 5.41) is 3.17. The van der Waals surface area contributed by atoms with E-state index in [1.54, 1.807) is 6.08 Å². The first-order valence-electron chi connectivity index (χ1n) is 6.10. The average molecular weight is 269 g/mol. The molecule has 0 aliphatic heterocycles. The number of rotatable bonds is 6. The van der Waals surface area contributed by atoms with E-state index in [0.29, 0.717) is 6.61 Å². The highest BCUT2D eigenvalue weighted by molar-refractivity contribution is 6.74. The Morgan fingerprint density at radius 3 is 2.56 bits per heavy atom. The molecule has 0 radical (unpaired) electrons. The molecule has 6 heteroatoms. The van der Waals surface area contributed by atoms with Crippen molar-refractivity contribution in [2.75, 3.05) is 6.61 Å². The minimum Gasteiger partial charge on any atom is -0.417 e. The summed E-state index contributed by atoms with van der Waals surface area (Å²) in [6.45, 7) is 11.8. The van der Waals surface area contributed by atoms with Crippen molar-refractivity contribution in [2.24, 2.45) is 5.11 Å². The summed E-state index contributed by atoms with van der Waals surface area (Å²) >= 11 is 0. The van der Waals surface area contributed by atoms with Gasteiger partial charge in [0.25, 0.3) is 0 Å². The van der Waals surface area contributed by atoms with Gasteiger partial charge in [0.2, 0.25) is 5.91 Å². The van der Waals surface area contributed by atoms with E-state index in [2.05, 4.69) is 43.9 Å². The third-order valence-electron chi connectivity index (χ3n) is 3.19. The monoisotopic (exact) mass is 269 g/mol. The molecular weight excluding hydrogens is 246 g/mol.